The SMILES string of the molecule is COc1cc(C[NH+](C)CC(=O)Nc2c(C)cccc2C)ccc1OCc1ccccc1. The first kappa shape index (κ1) is 22.4. The molecule has 0 spiro atoms. The van der Waals surface area contributed by atoms with E-state index in [2.05, 4.69) is 5.32 Å². The molecule has 0 fully saturated rings. The van der Waals surface area contributed by atoms with E-state index in [1.54, 1.807) is 7.11 Å². The molecule has 0 saturated carbocycles. The Morgan fingerprint density at radius 2 is 1.61 bits per heavy atom. The van der Waals surface area contributed by atoms with Crippen LogP contribution in [0.1, 0.15) is 22.3 Å². The zero-order chi connectivity index (χ0) is 22.2. The van der Waals surface area contributed by atoms with Gasteiger partial charge in [-0.1, -0.05) is 48.5 Å². The van der Waals surface area contributed by atoms with Crippen LogP contribution in [0.4, 0.5) is 5.69 Å². The molecular formula is C26H31N2O3+. The van der Waals surface area contributed by atoms with Gasteiger partial charge in [0.2, 0.25) is 0 Å². The van der Waals surface area contributed by atoms with Crippen molar-refractivity contribution in [2.24, 2.45) is 0 Å². The van der Waals surface area contributed by atoms with Crippen molar-refractivity contribution in [3.63, 3.8) is 0 Å². The first-order chi connectivity index (χ1) is 15.0. The molecule has 0 aromatic heterocycles. The highest BCUT2D eigenvalue weighted by molar-refractivity contribution is 5.93. The third kappa shape index (κ3) is 6.33. The van der Waals surface area contributed by atoms with E-state index in [1.807, 2.05) is 87.6 Å². The summed E-state index contributed by atoms with van der Waals surface area (Å²) in [6.07, 6.45) is 0. The Morgan fingerprint density at radius 3 is 2.29 bits per heavy atom. The number of benzene rings is 3. The van der Waals surface area contributed by atoms with E-state index in [9.17, 15) is 4.79 Å². The maximum atomic E-state index is 12.5. The molecule has 1 unspecified atom stereocenters. The predicted octanol–water partition coefficient (Wildman–Crippen LogP) is 3.54. The van der Waals surface area contributed by atoms with Crippen LogP contribution < -0.4 is 19.7 Å². The van der Waals surface area contributed by atoms with Crippen LogP contribution in [0.15, 0.2) is 66.7 Å². The summed E-state index contributed by atoms with van der Waals surface area (Å²) in [6, 6.07) is 22.0. The van der Waals surface area contributed by atoms with Gasteiger partial charge in [0.25, 0.3) is 5.91 Å². The number of amides is 1. The largest absolute Gasteiger partial charge is 0.493 e. The molecule has 31 heavy (non-hydrogen) atoms. The molecule has 3 rings (SSSR count). The van der Waals surface area contributed by atoms with Crippen molar-refractivity contribution in [3.8, 4) is 11.5 Å². The minimum atomic E-state index is 0.00433. The number of hydrogen-bond acceptors (Lipinski definition) is 3. The molecular weight excluding hydrogens is 388 g/mol. The first-order valence-electron chi connectivity index (χ1n) is 10.5. The highest BCUT2D eigenvalue weighted by Crippen LogP contribution is 2.28. The van der Waals surface area contributed by atoms with Crippen molar-refractivity contribution < 1.29 is 19.2 Å². The molecule has 3 aromatic rings. The number of likely N-dealkylation sites (N-methyl/N-ethyl adjacent to an activating group) is 1. The molecule has 162 valence electrons. The number of hydrogen-bond donors (Lipinski definition) is 2. The van der Waals surface area contributed by atoms with Gasteiger partial charge in [-0.15, -0.1) is 0 Å². The van der Waals surface area contributed by atoms with Crippen LogP contribution in [-0.4, -0.2) is 26.6 Å². The van der Waals surface area contributed by atoms with Gasteiger partial charge in [0.15, 0.2) is 18.0 Å². The molecule has 0 aliphatic rings. The fraction of sp³-hybridized carbons (Fsp3) is 0.269. The van der Waals surface area contributed by atoms with Crippen LogP contribution in [0, 0.1) is 13.8 Å². The molecule has 0 aliphatic heterocycles. The van der Waals surface area contributed by atoms with Gasteiger partial charge in [0.05, 0.1) is 14.2 Å². The van der Waals surface area contributed by atoms with Gasteiger partial charge in [0.1, 0.15) is 13.2 Å². The van der Waals surface area contributed by atoms with E-state index in [4.69, 9.17) is 9.47 Å². The lowest BCUT2D eigenvalue weighted by Gasteiger charge is -2.17. The van der Waals surface area contributed by atoms with Gasteiger partial charge in [-0.2, -0.15) is 0 Å². The normalized spacial score (nSPS) is 11.6. The number of anilines is 1. The number of rotatable bonds is 9. The molecule has 5 heteroatoms. The van der Waals surface area contributed by atoms with Crippen LogP contribution in [0.2, 0.25) is 0 Å². The lowest BCUT2D eigenvalue weighted by atomic mass is 10.1. The maximum absolute atomic E-state index is 12.5. The second-order valence-electron chi connectivity index (χ2n) is 7.89. The lowest BCUT2D eigenvalue weighted by molar-refractivity contribution is -0.885. The highest BCUT2D eigenvalue weighted by atomic mass is 16.5. The average molecular weight is 420 g/mol. The van der Waals surface area contributed by atoms with Crippen LogP contribution >= 0.6 is 0 Å². The summed E-state index contributed by atoms with van der Waals surface area (Å²) in [4.78, 5) is 13.6. The smallest absolute Gasteiger partial charge is 0.279 e. The van der Waals surface area contributed by atoms with E-state index in [-0.39, 0.29) is 5.91 Å². The number of aryl methyl sites for hydroxylation is 2. The van der Waals surface area contributed by atoms with Crippen LogP contribution in [-0.2, 0) is 17.9 Å². The second kappa shape index (κ2) is 10.6. The molecule has 1 atom stereocenters. The quantitative estimate of drug-likeness (QED) is 0.558. The van der Waals surface area contributed by atoms with Gasteiger partial charge < -0.3 is 19.7 Å². The van der Waals surface area contributed by atoms with Gasteiger partial charge in [-0.25, -0.2) is 0 Å². The van der Waals surface area contributed by atoms with Gasteiger partial charge in [0, 0.05) is 11.3 Å². The lowest BCUT2D eigenvalue weighted by Crippen LogP contribution is -3.08. The first-order valence-corrected chi connectivity index (χ1v) is 10.5. The Balaban J connectivity index is 1.58. The molecule has 0 radical (unpaired) electrons. The van der Waals surface area contributed by atoms with Crippen molar-refractivity contribution in [2.45, 2.75) is 27.0 Å². The molecule has 3 aromatic carbocycles. The highest BCUT2D eigenvalue weighted by Gasteiger charge is 2.14. The standard InChI is InChI=1S/C26H30N2O3/c1-19-9-8-10-20(2)26(19)27-25(29)17-28(3)16-22-13-14-23(24(15-22)30-4)31-18-21-11-6-5-7-12-21/h5-15H,16-18H2,1-4H3,(H,27,29)/p+1. The summed E-state index contributed by atoms with van der Waals surface area (Å²) in [6.45, 7) is 5.58. The van der Waals surface area contributed by atoms with Crippen LogP contribution in [0.5, 0.6) is 11.5 Å². The van der Waals surface area contributed by atoms with E-state index >= 15 is 0 Å². The molecule has 0 heterocycles. The van der Waals surface area contributed by atoms with Gasteiger partial charge in [-0.05, 0) is 48.7 Å². The molecule has 0 aliphatic carbocycles. The van der Waals surface area contributed by atoms with E-state index in [0.717, 1.165) is 32.8 Å². The third-order valence-electron chi connectivity index (χ3n) is 5.18. The molecule has 0 saturated heterocycles. The topological polar surface area (TPSA) is 52.0 Å². The maximum Gasteiger partial charge on any atom is 0.279 e. The van der Waals surface area contributed by atoms with Crippen molar-refractivity contribution in [1.29, 1.82) is 0 Å². The number of para-hydroxylation sites is 1. The van der Waals surface area contributed by atoms with Crippen LogP contribution in [0.3, 0.4) is 0 Å². The minimum Gasteiger partial charge on any atom is -0.493 e. The Labute approximate surface area is 184 Å². The number of carbonyl (C=O) groups is 1. The fourth-order valence-electron chi connectivity index (χ4n) is 3.56. The molecule has 5 nitrogen and oxygen atoms in total. The Kier molecular flexibility index (Phi) is 7.68. The molecule has 0 bridgehead atoms. The number of quaternary nitrogens is 1. The van der Waals surface area contributed by atoms with E-state index in [0.29, 0.717) is 31.2 Å². The summed E-state index contributed by atoms with van der Waals surface area (Å²) >= 11 is 0. The molecule has 1 amide bonds. The zero-order valence-corrected chi connectivity index (χ0v) is 18.7. The average Bonchev–Trinajstić information content (AvgIpc) is 2.76. The van der Waals surface area contributed by atoms with Crippen LogP contribution in [0.25, 0.3) is 0 Å². The van der Waals surface area contributed by atoms with Crippen molar-refractivity contribution in [2.75, 3.05) is 26.0 Å². The van der Waals surface area contributed by atoms with Crippen molar-refractivity contribution in [1.82, 2.24) is 0 Å². The summed E-state index contributed by atoms with van der Waals surface area (Å²) in [5.41, 5.74) is 5.24. The Bertz CT molecular complexity index is 998. The predicted molar refractivity (Wildman–Crippen MR) is 124 cm³/mol. The van der Waals surface area contributed by atoms with Crippen molar-refractivity contribution in [3.05, 3.63) is 89.0 Å². The Hall–Kier alpha value is -3.31. The minimum absolute atomic E-state index is 0.00433. The van der Waals surface area contributed by atoms with E-state index in [1.165, 1.54) is 0 Å². The Morgan fingerprint density at radius 1 is 0.903 bits per heavy atom. The van der Waals surface area contributed by atoms with E-state index < -0.39 is 0 Å². The summed E-state index contributed by atoms with van der Waals surface area (Å²) in [5, 5.41) is 3.05. The van der Waals surface area contributed by atoms with Gasteiger partial charge >= 0.3 is 0 Å². The monoisotopic (exact) mass is 419 g/mol. The number of ether oxygens (including phenoxy) is 2. The summed E-state index contributed by atoms with van der Waals surface area (Å²) < 4.78 is 11.5. The third-order valence-corrected chi connectivity index (χ3v) is 5.18. The number of nitrogens with one attached hydrogen (secondary N) is 2. The second-order valence-corrected chi connectivity index (χ2v) is 7.89. The van der Waals surface area contributed by atoms with Crippen molar-refractivity contribution >= 4 is 11.6 Å². The number of carbonyl (C=O) groups excluding carboxylic acids is 1. The summed E-state index contributed by atoms with van der Waals surface area (Å²) in [5.74, 6) is 1.41. The molecule has 2 N–H and O–H groups in total. The summed E-state index contributed by atoms with van der Waals surface area (Å²) in [7, 11) is 3.65. The number of methoxy groups -OCH3 is 1. The fourth-order valence-corrected chi connectivity index (χ4v) is 3.56. The van der Waals surface area contributed by atoms with Gasteiger partial charge in [-0.3, -0.25) is 4.79 Å². The zero-order valence-electron chi connectivity index (χ0n) is 18.7.